The van der Waals surface area contributed by atoms with Gasteiger partial charge in [-0.05, 0) is 54.6 Å². The molecule has 4 aromatic rings. The van der Waals surface area contributed by atoms with Crippen LogP contribution in [0, 0.1) is 0 Å². The van der Waals surface area contributed by atoms with E-state index in [0.29, 0.717) is 12.1 Å². The molecular formula is C21H17BrN4O2. The smallest absolute Gasteiger partial charge is 0.251 e. The number of hydrogen-bond acceptors (Lipinski definition) is 4. The van der Waals surface area contributed by atoms with Crippen molar-refractivity contribution in [1.82, 2.24) is 19.9 Å². The first kappa shape index (κ1) is 18.2. The average molecular weight is 437 g/mol. The molecule has 28 heavy (non-hydrogen) atoms. The highest BCUT2D eigenvalue weighted by Gasteiger charge is 2.10. The Kier molecular flexibility index (Phi) is 5.08. The van der Waals surface area contributed by atoms with E-state index in [1.807, 2.05) is 47.0 Å². The van der Waals surface area contributed by atoms with E-state index in [0.717, 1.165) is 32.6 Å². The van der Waals surface area contributed by atoms with Crippen molar-refractivity contribution in [2.24, 2.45) is 0 Å². The van der Waals surface area contributed by atoms with Crippen LogP contribution in [0.15, 0.2) is 71.6 Å². The molecule has 2 heterocycles. The molecule has 0 atom stereocenters. The minimum Gasteiger partial charge on any atom is -0.496 e. The summed E-state index contributed by atoms with van der Waals surface area (Å²) in [6, 6.07) is 16.8. The SMILES string of the molecule is COc1ccc(Br)cc1CNC(=O)c1ccc(-n2cnc3cccnc32)cc1. The highest BCUT2D eigenvalue weighted by molar-refractivity contribution is 9.10. The second-order valence-corrected chi connectivity index (χ2v) is 7.06. The maximum atomic E-state index is 12.5. The zero-order chi connectivity index (χ0) is 19.5. The Morgan fingerprint density at radius 2 is 1.96 bits per heavy atom. The molecule has 7 heteroatoms. The molecule has 2 aromatic heterocycles. The Morgan fingerprint density at radius 1 is 1.14 bits per heavy atom. The number of rotatable bonds is 5. The largest absolute Gasteiger partial charge is 0.496 e. The highest BCUT2D eigenvalue weighted by atomic mass is 79.9. The first-order valence-corrected chi connectivity index (χ1v) is 9.44. The number of ether oxygens (including phenoxy) is 1. The fraction of sp³-hybridized carbons (Fsp3) is 0.0952. The third kappa shape index (κ3) is 3.61. The Balaban J connectivity index is 1.50. The third-order valence-corrected chi connectivity index (χ3v) is 4.89. The van der Waals surface area contributed by atoms with Gasteiger partial charge in [-0.25, -0.2) is 9.97 Å². The lowest BCUT2D eigenvalue weighted by molar-refractivity contribution is 0.0950. The minimum absolute atomic E-state index is 0.151. The number of nitrogens with zero attached hydrogens (tertiary/aromatic N) is 3. The zero-order valence-electron chi connectivity index (χ0n) is 15.1. The van der Waals surface area contributed by atoms with Crippen molar-refractivity contribution in [3.05, 3.63) is 82.7 Å². The molecule has 0 aliphatic rings. The second kappa shape index (κ2) is 7.82. The molecule has 0 fully saturated rings. The van der Waals surface area contributed by atoms with Crippen LogP contribution in [0.5, 0.6) is 5.75 Å². The van der Waals surface area contributed by atoms with Crippen molar-refractivity contribution >= 4 is 33.0 Å². The maximum Gasteiger partial charge on any atom is 0.251 e. The lowest BCUT2D eigenvalue weighted by atomic mass is 10.1. The summed E-state index contributed by atoms with van der Waals surface area (Å²) >= 11 is 3.44. The summed E-state index contributed by atoms with van der Waals surface area (Å²) in [5.74, 6) is 0.584. The molecule has 6 nitrogen and oxygen atoms in total. The molecule has 2 aromatic carbocycles. The predicted octanol–water partition coefficient (Wildman–Crippen LogP) is 4.12. The van der Waals surface area contributed by atoms with Crippen molar-refractivity contribution < 1.29 is 9.53 Å². The lowest BCUT2D eigenvalue weighted by Crippen LogP contribution is -2.23. The summed E-state index contributed by atoms with van der Waals surface area (Å²) < 4.78 is 8.17. The van der Waals surface area contributed by atoms with Crippen LogP contribution >= 0.6 is 15.9 Å². The summed E-state index contributed by atoms with van der Waals surface area (Å²) in [5, 5.41) is 2.93. The van der Waals surface area contributed by atoms with Gasteiger partial charge in [0, 0.05) is 34.0 Å². The normalized spacial score (nSPS) is 10.8. The van der Waals surface area contributed by atoms with Gasteiger partial charge in [0.15, 0.2) is 5.65 Å². The van der Waals surface area contributed by atoms with Crippen molar-refractivity contribution in [2.75, 3.05) is 7.11 Å². The topological polar surface area (TPSA) is 69.0 Å². The van der Waals surface area contributed by atoms with Gasteiger partial charge in [-0.1, -0.05) is 15.9 Å². The molecule has 0 unspecified atom stereocenters. The summed E-state index contributed by atoms with van der Waals surface area (Å²) in [6.07, 6.45) is 3.46. The van der Waals surface area contributed by atoms with Crippen LogP contribution in [0.3, 0.4) is 0 Å². The molecule has 0 radical (unpaired) electrons. The van der Waals surface area contributed by atoms with E-state index < -0.39 is 0 Å². The van der Waals surface area contributed by atoms with Gasteiger partial charge in [0.05, 0.1) is 7.11 Å². The molecule has 0 saturated carbocycles. The number of amides is 1. The van der Waals surface area contributed by atoms with Gasteiger partial charge in [-0.2, -0.15) is 0 Å². The van der Waals surface area contributed by atoms with Gasteiger partial charge < -0.3 is 10.1 Å². The van der Waals surface area contributed by atoms with E-state index >= 15 is 0 Å². The Morgan fingerprint density at radius 3 is 2.75 bits per heavy atom. The molecule has 140 valence electrons. The van der Waals surface area contributed by atoms with Crippen molar-refractivity contribution in [1.29, 1.82) is 0 Å². The van der Waals surface area contributed by atoms with E-state index in [1.54, 1.807) is 31.8 Å². The zero-order valence-corrected chi connectivity index (χ0v) is 16.7. The number of fused-ring (bicyclic) bond motifs is 1. The number of aromatic nitrogens is 3. The Hall–Kier alpha value is -3.19. The van der Waals surface area contributed by atoms with E-state index in [2.05, 4.69) is 31.2 Å². The Labute approximate surface area is 170 Å². The first-order valence-electron chi connectivity index (χ1n) is 8.65. The number of carbonyl (C=O) groups excluding carboxylic acids is 1. The average Bonchev–Trinajstić information content (AvgIpc) is 3.16. The van der Waals surface area contributed by atoms with Crippen LogP contribution in [0.25, 0.3) is 16.9 Å². The summed E-state index contributed by atoms with van der Waals surface area (Å²) in [4.78, 5) is 21.2. The standard InChI is InChI=1S/C21H17BrN4O2/c1-28-19-9-6-16(22)11-15(19)12-24-21(27)14-4-7-17(8-5-14)26-13-25-18-3-2-10-23-20(18)26/h2-11,13H,12H2,1H3,(H,24,27). The van der Waals surface area contributed by atoms with Gasteiger partial charge in [-0.15, -0.1) is 0 Å². The Bertz CT molecular complexity index is 1140. The number of pyridine rings is 1. The molecular weight excluding hydrogens is 420 g/mol. The van der Waals surface area contributed by atoms with Crippen LogP contribution < -0.4 is 10.1 Å². The van der Waals surface area contributed by atoms with Gasteiger partial charge in [0.2, 0.25) is 0 Å². The van der Waals surface area contributed by atoms with Gasteiger partial charge >= 0.3 is 0 Å². The van der Waals surface area contributed by atoms with Crippen molar-refractivity contribution in [3.63, 3.8) is 0 Å². The molecule has 0 aliphatic heterocycles. The monoisotopic (exact) mass is 436 g/mol. The van der Waals surface area contributed by atoms with Crippen molar-refractivity contribution in [3.8, 4) is 11.4 Å². The molecule has 4 rings (SSSR count). The number of imidazole rings is 1. The van der Waals surface area contributed by atoms with Gasteiger partial charge in [0.25, 0.3) is 5.91 Å². The number of nitrogens with one attached hydrogen (secondary N) is 1. The number of methoxy groups -OCH3 is 1. The summed E-state index contributed by atoms with van der Waals surface area (Å²) in [5.41, 5.74) is 3.98. The van der Waals surface area contributed by atoms with E-state index in [9.17, 15) is 4.79 Å². The van der Waals surface area contributed by atoms with Crippen LogP contribution in [-0.4, -0.2) is 27.6 Å². The van der Waals surface area contributed by atoms with E-state index in [-0.39, 0.29) is 5.91 Å². The minimum atomic E-state index is -0.151. The van der Waals surface area contributed by atoms with E-state index in [1.165, 1.54) is 0 Å². The number of carbonyl (C=O) groups is 1. The van der Waals surface area contributed by atoms with Gasteiger partial charge in [-0.3, -0.25) is 9.36 Å². The van der Waals surface area contributed by atoms with Crippen LogP contribution in [0.2, 0.25) is 0 Å². The molecule has 1 amide bonds. The van der Waals surface area contributed by atoms with E-state index in [4.69, 9.17) is 4.74 Å². The molecule has 1 N–H and O–H groups in total. The number of hydrogen-bond donors (Lipinski definition) is 1. The molecule has 0 saturated heterocycles. The molecule has 0 aliphatic carbocycles. The predicted molar refractivity (Wildman–Crippen MR) is 111 cm³/mol. The van der Waals surface area contributed by atoms with Gasteiger partial charge in [0.1, 0.15) is 17.6 Å². The fourth-order valence-electron chi connectivity index (χ4n) is 2.97. The fourth-order valence-corrected chi connectivity index (χ4v) is 3.38. The lowest BCUT2D eigenvalue weighted by Gasteiger charge is -2.11. The van der Waals surface area contributed by atoms with Crippen molar-refractivity contribution in [2.45, 2.75) is 6.54 Å². The third-order valence-electron chi connectivity index (χ3n) is 4.40. The van der Waals surface area contributed by atoms with Crippen LogP contribution in [-0.2, 0) is 6.54 Å². The molecule has 0 spiro atoms. The summed E-state index contributed by atoms with van der Waals surface area (Å²) in [7, 11) is 1.61. The number of halogens is 1. The first-order chi connectivity index (χ1) is 13.7. The second-order valence-electron chi connectivity index (χ2n) is 6.15. The molecule has 0 bridgehead atoms. The quantitative estimate of drug-likeness (QED) is 0.510. The summed E-state index contributed by atoms with van der Waals surface area (Å²) in [6.45, 7) is 0.374. The maximum absolute atomic E-state index is 12.5. The highest BCUT2D eigenvalue weighted by Crippen LogP contribution is 2.23. The number of benzene rings is 2. The van der Waals surface area contributed by atoms with Crippen LogP contribution in [0.4, 0.5) is 0 Å². The van der Waals surface area contributed by atoms with Crippen LogP contribution in [0.1, 0.15) is 15.9 Å².